The molecule has 5 nitrogen and oxygen atoms in total. The highest BCUT2D eigenvalue weighted by Gasteiger charge is 2.30. The van der Waals surface area contributed by atoms with Gasteiger partial charge in [0.15, 0.2) is 9.84 Å². The van der Waals surface area contributed by atoms with Gasteiger partial charge in [-0.25, -0.2) is 18.4 Å². The Hall–Kier alpha value is -2.47. The lowest BCUT2D eigenvalue weighted by atomic mass is 10.1. The van der Waals surface area contributed by atoms with Gasteiger partial charge >= 0.3 is 0 Å². The number of hydrogen-bond donors (Lipinski definition) is 1. The van der Waals surface area contributed by atoms with Gasteiger partial charge in [0, 0.05) is 5.39 Å². The minimum absolute atomic E-state index is 0.169. The second kappa shape index (κ2) is 5.26. The monoisotopic (exact) mass is 351 g/mol. The highest BCUT2D eigenvalue weighted by Crippen LogP contribution is 2.38. The first-order valence-corrected chi connectivity index (χ1v) is 10.1. The van der Waals surface area contributed by atoms with E-state index in [1.165, 1.54) is 11.1 Å². The molecule has 3 aromatic rings. The summed E-state index contributed by atoms with van der Waals surface area (Å²) in [7, 11) is -3.17. The molecule has 2 aliphatic rings. The average molecular weight is 351 g/mol. The predicted octanol–water partition coefficient (Wildman–Crippen LogP) is 3.06. The van der Waals surface area contributed by atoms with Crippen LogP contribution >= 0.6 is 0 Å². The van der Waals surface area contributed by atoms with Crippen LogP contribution in [0.3, 0.4) is 0 Å². The van der Waals surface area contributed by atoms with E-state index >= 15 is 0 Å². The van der Waals surface area contributed by atoms with Gasteiger partial charge in [0.05, 0.1) is 22.2 Å². The topological polar surface area (TPSA) is 72.0 Å². The van der Waals surface area contributed by atoms with Crippen molar-refractivity contribution in [1.82, 2.24) is 9.97 Å². The van der Waals surface area contributed by atoms with Gasteiger partial charge in [0.2, 0.25) is 0 Å². The Morgan fingerprint density at radius 2 is 1.92 bits per heavy atom. The Morgan fingerprint density at radius 3 is 2.84 bits per heavy atom. The molecule has 1 N–H and O–H groups in total. The van der Waals surface area contributed by atoms with Crippen LogP contribution < -0.4 is 5.32 Å². The van der Waals surface area contributed by atoms with Crippen molar-refractivity contribution < 1.29 is 8.42 Å². The number of nitrogens with one attached hydrogen (secondary N) is 1. The second-order valence-electron chi connectivity index (χ2n) is 6.66. The summed E-state index contributed by atoms with van der Waals surface area (Å²) in [5.74, 6) is 0.905. The molecule has 0 spiro atoms. The van der Waals surface area contributed by atoms with E-state index in [2.05, 4.69) is 39.6 Å². The zero-order chi connectivity index (χ0) is 17.0. The Kier molecular flexibility index (Phi) is 3.12. The molecule has 1 aliphatic heterocycles. The van der Waals surface area contributed by atoms with Crippen LogP contribution in [0.15, 0.2) is 47.6 Å². The second-order valence-corrected chi connectivity index (χ2v) is 8.74. The molecule has 0 radical (unpaired) electrons. The van der Waals surface area contributed by atoms with Gasteiger partial charge in [-0.2, -0.15) is 0 Å². The fourth-order valence-electron chi connectivity index (χ4n) is 4.07. The van der Waals surface area contributed by atoms with Gasteiger partial charge in [0.25, 0.3) is 0 Å². The van der Waals surface area contributed by atoms with E-state index in [-0.39, 0.29) is 11.8 Å². The van der Waals surface area contributed by atoms with Crippen LogP contribution in [-0.2, 0) is 22.7 Å². The zero-order valence-electron chi connectivity index (χ0n) is 13.6. The highest BCUT2D eigenvalue weighted by atomic mass is 32.2. The van der Waals surface area contributed by atoms with E-state index < -0.39 is 9.84 Å². The number of sulfone groups is 1. The number of anilines is 1. The molecular weight excluding hydrogens is 334 g/mol. The van der Waals surface area contributed by atoms with Crippen LogP contribution in [0.1, 0.15) is 29.2 Å². The normalized spacial score (nSPS) is 20.4. The van der Waals surface area contributed by atoms with Crippen molar-refractivity contribution in [1.29, 1.82) is 0 Å². The van der Waals surface area contributed by atoms with Gasteiger partial charge in [-0.1, -0.05) is 24.3 Å². The number of rotatable bonds is 2. The van der Waals surface area contributed by atoms with Crippen LogP contribution in [0.2, 0.25) is 0 Å². The summed E-state index contributed by atoms with van der Waals surface area (Å²) < 4.78 is 24.5. The Bertz CT molecular complexity index is 1110. The van der Waals surface area contributed by atoms with E-state index in [1.807, 2.05) is 0 Å². The van der Waals surface area contributed by atoms with Gasteiger partial charge < -0.3 is 5.32 Å². The first kappa shape index (κ1) is 14.8. The quantitative estimate of drug-likeness (QED) is 0.768. The molecule has 0 unspecified atom stereocenters. The fraction of sp³-hybridized carbons (Fsp3) is 0.263. The van der Waals surface area contributed by atoms with Gasteiger partial charge in [0.1, 0.15) is 12.1 Å². The average Bonchev–Trinajstić information content (AvgIpc) is 3.16. The lowest BCUT2D eigenvalue weighted by molar-refractivity contribution is 0.600. The molecule has 25 heavy (non-hydrogen) atoms. The van der Waals surface area contributed by atoms with Crippen molar-refractivity contribution in [3.8, 4) is 0 Å². The number of nitrogens with zero attached hydrogens (tertiary/aromatic N) is 2. The molecule has 1 aromatic heterocycles. The molecule has 0 fully saturated rings. The number of benzene rings is 2. The molecule has 0 saturated carbocycles. The zero-order valence-corrected chi connectivity index (χ0v) is 14.4. The maximum atomic E-state index is 12.3. The van der Waals surface area contributed by atoms with Crippen molar-refractivity contribution in [2.24, 2.45) is 0 Å². The molecule has 6 heteroatoms. The first-order valence-electron chi connectivity index (χ1n) is 8.47. The third-order valence-electron chi connectivity index (χ3n) is 5.27. The molecule has 1 atom stereocenters. The summed E-state index contributed by atoms with van der Waals surface area (Å²) >= 11 is 0. The van der Waals surface area contributed by atoms with E-state index in [1.54, 1.807) is 18.5 Å². The summed E-state index contributed by atoms with van der Waals surface area (Å²) in [6.07, 6.45) is 4.13. The number of fused-ring (bicyclic) bond motifs is 4. The van der Waals surface area contributed by atoms with Crippen LogP contribution in [0.4, 0.5) is 5.82 Å². The smallest absolute Gasteiger partial charge is 0.179 e. The van der Waals surface area contributed by atoms with Crippen molar-refractivity contribution in [3.05, 3.63) is 59.4 Å². The SMILES string of the molecule is O=S1(=O)CCc2c1ccc1ncnc(N[C@H]3CCc4ccccc43)c21. The fourth-order valence-corrected chi connectivity index (χ4v) is 5.62. The maximum absolute atomic E-state index is 12.3. The van der Waals surface area contributed by atoms with Gasteiger partial charge in [-0.3, -0.25) is 0 Å². The van der Waals surface area contributed by atoms with E-state index in [9.17, 15) is 8.42 Å². The van der Waals surface area contributed by atoms with Crippen molar-refractivity contribution in [2.45, 2.75) is 30.2 Å². The summed E-state index contributed by atoms with van der Waals surface area (Å²) in [4.78, 5) is 9.23. The molecular formula is C19H17N3O2S. The Balaban J connectivity index is 1.65. The molecule has 0 bridgehead atoms. The minimum Gasteiger partial charge on any atom is -0.363 e. The predicted molar refractivity (Wildman–Crippen MR) is 96.4 cm³/mol. The third-order valence-corrected chi connectivity index (χ3v) is 7.06. The Labute approximate surface area is 146 Å². The lowest BCUT2D eigenvalue weighted by Crippen LogP contribution is -2.10. The Morgan fingerprint density at radius 1 is 1.04 bits per heavy atom. The summed E-state index contributed by atoms with van der Waals surface area (Å²) in [6, 6.07) is 12.1. The first-order chi connectivity index (χ1) is 12.1. The largest absolute Gasteiger partial charge is 0.363 e. The lowest BCUT2D eigenvalue weighted by Gasteiger charge is -2.17. The van der Waals surface area contributed by atoms with E-state index in [0.29, 0.717) is 11.3 Å². The number of hydrogen-bond acceptors (Lipinski definition) is 5. The van der Waals surface area contributed by atoms with Crippen molar-refractivity contribution >= 4 is 26.6 Å². The summed E-state index contributed by atoms with van der Waals surface area (Å²) in [5.41, 5.74) is 4.31. The van der Waals surface area contributed by atoms with Gasteiger partial charge in [-0.05, 0) is 48.1 Å². The summed E-state index contributed by atoms with van der Waals surface area (Å²) in [6.45, 7) is 0. The van der Waals surface area contributed by atoms with Crippen LogP contribution in [0.5, 0.6) is 0 Å². The number of aromatic nitrogens is 2. The van der Waals surface area contributed by atoms with Crippen molar-refractivity contribution in [3.63, 3.8) is 0 Å². The molecule has 5 rings (SSSR count). The molecule has 0 saturated heterocycles. The molecule has 2 aromatic carbocycles. The highest BCUT2D eigenvalue weighted by molar-refractivity contribution is 7.91. The third kappa shape index (κ3) is 2.24. The maximum Gasteiger partial charge on any atom is 0.179 e. The standard InChI is InChI=1S/C19H17N3O2S/c23-25(24)10-9-14-17(25)8-7-16-18(14)19(21-11-20-16)22-15-6-5-12-3-1-2-4-13(12)15/h1-4,7-8,11,15H,5-6,9-10H2,(H,20,21,22)/t15-/m0/s1. The van der Waals surface area contributed by atoms with Crippen LogP contribution in [-0.4, -0.2) is 24.1 Å². The van der Waals surface area contributed by atoms with E-state index in [0.717, 1.165) is 35.1 Å². The molecule has 1 aliphatic carbocycles. The van der Waals surface area contributed by atoms with Crippen LogP contribution in [0, 0.1) is 0 Å². The molecule has 2 heterocycles. The number of aryl methyl sites for hydroxylation is 2. The van der Waals surface area contributed by atoms with E-state index in [4.69, 9.17) is 0 Å². The summed E-state index contributed by atoms with van der Waals surface area (Å²) in [5, 5.41) is 4.40. The molecule has 0 amide bonds. The van der Waals surface area contributed by atoms with Crippen LogP contribution in [0.25, 0.3) is 10.9 Å². The minimum atomic E-state index is -3.17. The van der Waals surface area contributed by atoms with Crippen molar-refractivity contribution in [2.75, 3.05) is 11.1 Å². The van der Waals surface area contributed by atoms with Gasteiger partial charge in [-0.15, -0.1) is 0 Å². The molecule has 126 valence electrons.